The minimum absolute atomic E-state index is 0.0424. The normalized spacial score (nSPS) is 17.5. The van der Waals surface area contributed by atoms with Crippen LogP contribution in [-0.2, 0) is 11.3 Å². The van der Waals surface area contributed by atoms with Crippen molar-refractivity contribution in [2.24, 2.45) is 0 Å². The average molecular weight is 561 g/mol. The Morgan fingerprint density at radius 2 is 1.88 bits per heavy atom. The Labute approximate surface area is 230 Å². The predicted molar refractivity (Wildman–Crippen MR) is 144 cm³/mol. The molecule has 0 radical (unpaired) electrons. The number of fused-ring (bicyclic) bond motifs is 2. The second-order valence-electron chi connectivity index (χ2n) is 11.2. The minimum Gasteiger partial charge on any atom is -0.444 e. The van der Waals surface area contributed by atoms with E-state index in [4.69, 9.17) is 25.0 Å². The number of hydrogen-bond acceptors (Lipinski definition) is 10. The fourth-order valence-electron chi connectivity index (χ4n) is 4.99. The molecule has 0 aliphatic carbocycles. The molecular weight excluding hydrogens is 526 g/mol. The molecule has 5 rings (SSSR count). The molecule has 2 aliphatic heterocycles. The molecule has 40 heavy (non-hydrogen) atoms. The van der Waals surface area contributed by atoms with Gasteiger partial charge in [0.05, 0.1) is 17.6 Å². The van der Waals surface area contributed by atoms with E-state index < -0.39 is 18.0 Å². The number of amides is 1. The topological polar surface area (TPSA) is 133 Å². The third kappa shape index (κ3) is 5.72. The lowest BCUT2D eigenvalue weighted by Gasteiger charge is -2.35. The van der Waals surface area contributed by atoms with Crippen LogP contribution in [0.5, 0.6) is 11.5 Å². The number of rotatable bonds is 6. The zero-order chi connectivity index (χ0) is 28.8. The van der Waals surface area contributed by atoms with Gasteiger partial charge < -0.3 is 29.7 Å². The lowest BCUT2D eigenvalue weighted by molar-refractivity contribution is -0.286. The van der Waals surface area contributed by atoms with Crippen LogP contribution in [0, 0.1) is 0 Å². The van der Waals surface area contributed by atoms with E-state index in [2.05, 4.69) is 39.2 Å². The number of likely N-dealkylation sites (tertiary alicyclic amines) is 1. The second kappa shape index (κ2) is 10.3. The van der Waals surface area contributed by atoms with Gasteiger partial charge in [-0.3, -0.25) is 5.32 Å². The molecule has 0 spiro atoms. The highest BCUT2D eigenvalue weighted by atomic mass is 19.3. The number of nitrogens with one attached hydrogen (secondary N) is 1. The van der Waals surface area contributed by atoms with Crippen molar-refractivity contribution in [3.63, 3.8) is 0 Å². The Morgan fingerprint density at radius 3 is 2.55 bits per heavy atom. The number of nitrogens with two attached hydrogens (primary N) is 1. The zero-order valence-electron chi connectivity index (χ0n) is 23.2. The maximum atomic E-state index is 14.4. The summed E-state index contributed by atoms with van der Waals surface area (Å²) in [5.41, 5.74) is 6.33. The highest BCUT2D eigenvalue weighted by Gasteiger charge is 2.47. The van der Waals surface area contributed by atoms with Crippen molar-refractivity contribution in [3.8, 4) is 22.8 Å². The number of hydrogen-bond donors (Lipinski definition) is 2. The van der Waals surface area contributed by atoms with Crippen LogP contribution in [0.15, 0.2) is 18.5 Å². The summed E-state index contributed by atoms with van der Waals surface area (Å²) >= 11 is 0. The third-order valence-corrected chi connectivity index (χ3v) is 6.92. The number of anilines is 2. The summed E-state index contributed by atoms with van der Waals surface area (Å²) < 4.78 is 45.3. The second-order valence-corrected chi connectivity index (χ2v) is 11.2. The van der Waals surface area contributed by atoms with Gasteiger partial charge in [0.15, 0.2) is 17.1 Å². The van der Waals surface area contributed by atoms with Crippen molar-refractivity contribution >= 4 is 28.6 Å². The highest BCUT2D eigenvalue weighted by molar-refractivity contribution is 6.01. The Kier molecular flexibility index (Phi) is 7.17. The smallest absolute Gasteiger partial charge is 0.444 e. The number of carbonyl (C=O) groups excluding carboxylic acids is 1. The van der Waals surface area contributed by atoms with E-state index in [1.165, 1.54) is 18.5 Å². The van der Waals surface area contributed by atoms with Crippen molar-refractivity contribution in [3.05, 3.63) is 18.5 Å². The monoisotopic (exact) mass is 560 g/mol. The van der Waals surface area contributed by atoms with Crippen LogP contribution in [0.4, 0.5) is 25.1 Å². The molecular formula is C26H34F2N8O4. The first kappa shape index (κ1) is 27.8. The van der Waals surface area contributed by atoms with Crippen molar-refractivity contribution < 1.29 is 27.8 Å². The summed E-state index contributed by atoms with van der Waals surface area (Å²) in [5.74, 6) is -0.497. The Balaban J connectivity index is 1.47. The minimum atomic E-state index is -3.96. The van der Waals surface area contributed by atoms with Gasteiger partial charge >= 0.3 is 12.4 Å². The van der Waals surface area contributed by atoms with Gasteiger partial charge in [-0.05, 0) is 72.9 Å². The van der Waals surface area contributed by atoms with Crippen LogP contribution in [0.2, 0.25) is 0 Å². The number of halogens is 2. The molecule has 0 unspecified atom stereocenters. The zero-order valence-corrected chi connectivity index (χ0v) is 23.2. The molecule has 2 aliphatic rings. The molecule has 0 bridgehead atoms. The molecule has 1 saturated heterocycles. The average Bonchev–Trinajstić information content (AvgIpc) is 3.39. The van der Waals surface area contributed by atoms with Gasteiger partial charge in [0, 0.05) is 18.2 Å². The van der Waals surface area contributed by atoms with Gasteiger partial charge in [-0.25, -0.2) is 19.4 Å². The summed E-state index contributed by atoms with van der Waals surface area (Å²) in [7, 11) is 4.20. The van der Waals surface area contributed by atoms with Crippen molar-refractivity contribution in [2.75, 3.05) is 44.8 Å². The predicted octanol–water partition coefficient (Wildman–Crippen LogP) is 3.77. The number of carbonyl (C=O) groups is 1. The number of benzene rings is 1. The van der Waals surface area contributed by atoms with E-state index >= 15 is 0 Å². The highest BCUT2D eigenvalue weighted by Crippen LogP contribution is 2.52. The molecule has 12 nitrogen and oxygen atoms in total. The summed E-state index contributed by atoms with van der Waals surface area (Å²) in [6.07, 6.45) is -1.29. The number of nitrogen functional groups attached to an aromatic ring is 1. The van der Waals surface area contributed by atoms with Gasteiger partial charge in [0.2, 0.25) is 0 Å². The van der Waals surface area contributed by atoms with Crippen LogP contribution in [0.3, 0.4) is 0 Å². The Morgan fingerprint density at radius 1 is 1.18 bits per heavy atom. The largest absolute Gasteiger partial charge is 0.586 e. The van der Waals surface area contributed by atoms with Crippen molar-refractivity contribution in [2.45, 2.75) is 58.1 Å². The summed E-state index contributed by atoms with van der Waals surface area (Å²) in [5, 5.41) is 7.58. The fourth-order valence-corrected chi connectivity index (χ4v) is 4.99. The molecule has 0 atom stereocenters. The number of piperidine rings is 1. The fraction of sp³-hybridized carbons (Fsp3) is 0.538. The first-order valence-electron chi connectivity index (χ1n) is 13.1. The van der Waals surface area contributed by atoms with Gasteiger partial charge in [-0.15, -0.1) is 8.78 Å². The van der Waals surface area contributed by atoms with Crippen LogP contribution >= 0.6 is 0 Å². The van der Waals surface area contributed by atoms with Crippen molar-refractivity contribution in [1.29, 1.82) is 0 Å². The van der Waals surface area contributed by atoms with Crippen LogP contribution in [0.25, 0.3) is 22.3 Å². The quantitative estimate of drug-likeness (QED) is 0.459. The lowest BCUT2D eigenvalue weighted by Crippen LogP contribution is -2.42. The molecule has 2 aromatic heterocycles. The number of aromatic nitrogens is 4. The molecule has 14 heteroatoms. The van der Waals surface area contributed by atoms with E-state index in [0.29, 0.717) is 23.6 Å². The molecule has 1 fully saturated rings. The van der Waals surface area contributed by atoms with E-state index in [1.807, 2.05) is 0 Å². The van der Waals surface area contributed by atoms with Gasteiger partial charge in [0.25, 0.3) is 0 Å². The van der Waals surface area contributed by atoms with Crippen molar-refractivity contribution in [1.82, 2.24) is 29.5 Å². The van der Waals surface area contributed by atoms with E-state index in [-0.39, 0.29) is 34.3 Å². The standard InChI is InChI=1S/C26H34F2N8O4/c1-25(2,3)40-24(37)32-17-7-6-16(20-21(17)39-26(27,28)38-20)19-18-22(29)30-14-31-23(18)36(33-19)13-12-35-10-8-15(9-11-35)34(4)5/h6-7,14-15H,8-13H2,1-5H3,(H,32,37)(H2,29,30,31). The molecule has 4 heterocycles. The molecule has 1 aromatic carbocycles. The first-order chi connectivity index (χ1) is 18.8. The molecule has 216 valence electrons. The summed E-state index contributed by atoms with van der Waals surface area (Å²) in [6.45, 7) is 8.23. The van der Waals surface area contributed by atoms with Gasteiger partial charge in [0.1, 0.15) is 23.4 Å². The maximum absolute atomic E-state index is 14.4. The van der Waals surface area contributed by atoms with Gasteiger partial charge in [-0.1, -0.05) is 0 Å². The molecule has 3 N–H and O–H groups in total. The SMILES string of the molecule is CN(C)C1CCN(CCn2nc(-c3ccc(NC(=O)OC(C)(C)C)c4c3OC(F)(F)O4)c3c(N)ncnc32)CC1. The number of alkyl halides is 2. The van der Waals surface area contributed by atoms with E-state index in [0.717, 1.165) is 32.5 Å². The number of ether oxygens (including phenoxy) is 3. The number of nitrogens with zero attached hydrogens (tertiary/aromatic N) is 6. The van der Waals surface area contributed by atoms with Crippen LogP contribution in [-0.4, -0.2) is 87.3 Å². The van der Waals surface area contributed by atoms with E-state index in [1.54, 1.807) is 25.5 Å². The van der Waals surface area contributed by atoms with Gasteiger partial charge in [-0.2, -0.15) is 5.10 Å². The maximum Gasteiger partial charge on any atom is 0.586 e. The third-order valence-electron chi connectivity index (χ3n) is 6.92. The Hall–Kier alpha value is -3.78. The van der Waals surface area contributed by atoms with Crippen LogP contribution < -0.4 is 20.5 Å². The first-order valence-corrected chi connectivity index (χ1v) is 13.1. The Bertz CT molecular complexity index is 1410. The van der Waals surface area contributed by atoms with Crippen LogP contribution in [0.1, 0.15) is 33.6 Å². The summed E-state index contributed by atoms with van der Waals surface area (Å²) in [6, 6.07) is 3.49. The molecule has 0 saturated carbocycles. The lowest BCUT2D eigenvalue weighted by atomic mass is 10.0. The summed E-state index contributed by atoms with van der Waals surface area (Å²) in [4.78, 5) is 25.5. The molecule has 1 amide bonds. The van der Waals surface area contributed by atoms with E-state index in [9.17, 15) is 13.6 Å². The molecule has 3 aromatic rings.